The molecule has 0 aliphatic carbocycles. The quantitative estimate of drug-likeness (QED) is 0.767. The van der Waals surface area contributed by atoms with E-state index in [-0.39, 0.29) is 4.90 Å². The smallest absolute Gasteiger partial charge is 0.175 e. The van der Waals surface area contributed by atoms with E-state index in [2.05, 4.69) is 0 Å². The molecule has 0 amide bonds. The third kappa shape index (κ3) is 2.65. The predicted molar refractivity (Wildman–Crippen MR) is 59.2 cm³/mol. The van der Waals surface area contributed by atoms with Gasteiger partial charge >= 0.3 is 0 Å². The van der Waals surface area contributed by atoms with E-state index in [9.17, 15) is 12.6 Å². The molecule has 0 unspecified atom stereocenters. The van der Waals surface area contributed by atoms with Gasteiger partial charge in [-0.15, -0.1) is 0 Å². The van der Waals surface area contributed by atoms with Gasteiger partial charge in [0.1, 0.15) is 0 Å². The molecule has 0 saturated carbocycles. The highest BCUT2D eigenvalue weighted by Gasteiger charge is 2.09. The number of benzene rings is 1. The summed E-state index contributed by atoms with van der Waals surface area (Å²) >= 11 is 0. The Morgan fingerprint density at radius 3 is 1.79 bits per heavy atom. The first kappa shape index (κ1) is 11.4. The molecule has 0 aromatic heterocycles. The molecule has 1 aromatic rings. The molecule has 5 heteroatoms. The molecule has 0 radical (unpaired) electrons. The van der Waals surface area contributed by atoms with E-state index in [1.165, 1.54) is 12.1 Å². The summed E-state index contributed by atoms with van der Waals surface area (Å²) in [7, 11) is -5.44. The average Bonchev–Trinajstić information content (AvgIpc) is 2.01. The molecule has 1 aromatic carbocycles. The normalized spacial score (nSPS) is 13.9. The highest BCUT2D eigenvalue weighted by molar-refractivity contribution is 8.01. The number of hydrogen-bond acceptors (Lipinski definition) is 3. The van der Waals surface area contributed by atoms with Gasteiger partial charge in [-0.3, -0.25) is 4.21 Å². The van der Waals surface area contributed by atoms with Crippen molar-refractivity contribution >= 4 is 19.8 Å². The molecule has 0 N–H and O–H groups in total. The number of hydrogen-bond donors (Lipinski definition) is 1. The number of rotatable bonds is 2. The summed E-state index contributed by atoms with van der Waals surface area (Å²) < 4.78 is 33.9. The molecule has 3 nitrogen and oxygen atoms in total. The summed E-state index contributed by atoms with van der Waals surface area (Å²) in [6.45, 7) is 0. The highest BCUT2D eigenvalue weighted by Crippen LogP contribution is 2.16. The van der Waals surface area contributed by atoms with Crippen LogP contribution in [0.15, 0.2) is 34.1 Å². The van der Waals surface area contributed by atoms with Crippen LogP contribution < -0.4 is 0 Å². The Hall–Kier alpha value is -0.680. The fourth-order valence-corrected chi connectivity index (χ4v) is 2.55. The van der Waals surface area contributed by atoms with E-state index in [0.717, 1.165) is 6.26 Å². The monoisotopic (exact) mass is 234 g/mol. The average molecular weight is 234 g/mol. The van der Waals surface area contributed by atoms with Crippen molar-refractivity contribution in [2.24, 2.45) is 0 Å². The molecule has 0 atom stereocenters. The van der Waals surface area contributed by atoms with Gasteiger partial charge in [-0.2, -0.15) is 0 Å². The van der Waals surface area contributed by atoms with Crippen molar-refractivity contribution in [2.75, 3.05) is 18.8 Å². The van der Waals surface area contributed by atoms with E-state index in [1.807, 2.05) is 0 Å². The summed E-state index contributed by atoms with van der Waals surface area (Å²) in [5.41, 5.74) is 0. The molecule has 80 valence electrons. The Morgan fingerprint density at radius 2 is 1.50 bits per heavy atom. The molecule has 0 aliphatic heterocycles. The van der Waals surface area contributed by atoms with Crippen LogP contribution >= 0.6 is 0 Å². The Morgan fingerprint density at radius 1 is 1.07 bits per heavy atom. The third-order valence-electron chi connectivity index (χ3n) is 1.89. The van der Waals surface area contributed by atoms with Crippen LogP contribution in [0.3, 0.4) is 0 Å². The van der Waals surface area contributed by atoms with Gasteiger partial charge in [0.15, 0.2) is 9.84 Å². The first-order valence-corrected chi connectivity index (χ1v) is 8.56. The first-order chi connectivity index (χ1) is 6.21. The predicted octanol–water partition coefficient (Wildman–Crippen LogP) is 0.725. The van der Waals surface area contributed by atoms with Crippen LogP contribution in [0, 0.1) is 0 Å². The number of thiol groups is 1. The molecular weight excluding hydrogens is 220 g/mol. The van der Waals surface area contributed by atoms with Crippen molar-refractivity contribution in [3.8, 4) is 0 Å². The Balaban J connectivity index is 3.21. The van der Waals surface area contributed by atoms with Gasteiger partial charge in [0.2, 0.25) is 0 Å². The number of sulfone groups is 1. The molecule has 0 spiro atoms. The molecule has 0 aliphatic rings. The summed E-state index contributed by atoms with van der Waals surface area (Å²) in [4.78, 5) is 0.958. The van der Waals surface area contributed by atoms with Crippen molar-refractivity contribution in [3.63, 3.8) is 0 Å². The summed E-state index contributed by atoms with van der Waals surface area (Å²) in [6.07, 6.45) is 4.46. The maximum atomic E-state index is 11.6. The summed E-state index contributed by atoms with van der Waals surface area (Å²) in [5, 5.41) is 0. The second-order valence-corrected chi connectivity index (χ2v) is 8.85. The van der Waals surface area contributed by atoms with Crippen LogP contribution in [0.4, 0.5) is 0 Å². The van der Waals surface area contributed by atoms with Gasteiger partial charge in [-0.05, 0) is 36.8 Å². The summed E-state index contributed by atoms with van der Waals surface area (Å²) in [5.74, 6) is 0. The van der Waals surface area contributed by atoms with E-state index in [4.69, 9.17) is 0 Å². The second-order valence-electron chi connectivity index (χ2n) is 3.62. The SMILES string of the molecule is CS(=O)(=O)c1ccc([SH](C)(C)=O)cc1. The Kier molecular flexibility index (Phi) is 2.83. The molecule has 0 fully saturated rings. The minimum atomic E-state index is -3.15. The highest BCUT2D eigenvalue weighted by atomic mass is 32.2. The largest absolute Gasteiger partial charge is 0.281 e. The topological polar surface area (TPSA) is 51.2 Å². The van der Waals surface area contributed by atoms with Gasteiger partial charge in [0.05, 0.1) is 4.90 Å². The maximum Gasteiger partial charge on any atom is 0.175 e. The lowest BCUT2D eigenvalue weighted by atomic mass is 10.4. The third-order valence-corrected chi connectivity index (χ3v) is 4.56. The van der Waals surface area contributed by atoms with Crippen LogP contribution in [-0.4, -0.2) is 31.4 Å². The van der Waals surface area contributed by atoms with Gasteiger partial charge < -0.3 is 0 Å². The van der Waals surface area contributed by atoms with Gasteiger partial charge in [-0.25, -0.2) is 8.42 Å². The Labute approximate surface area is 85.5 Å². The van der Waals surface area contributed by atoms with Crippen molar-refractivity contribution in [1.29, 1.82) is 0 Å². The van der Waals surface area contributed by atoms with E-state index >= 15 is 0 Å². The van der Waals surface area contributed by atoms with E-state index in [1.54, 1.807) is 24.6 Å². The van der Waals surface area contributed by atoms with Gasteiger partial charge in [0.25, 0.3) is 0 Å². The zero-order valence-electron chi connectivity index (χ0n) is 8.39. The summed E-state index contributed by atoms with van der Waals surface area (Å²) in [6, 6.07) is 6.20. The van der Waals surface area contributed by atoms with Crippen LogP contribution in [0.2, 0.25) is 0 Å². The van der Waals surface area contributed by atoms with Crippen molar-refractivity contribution in [3.05, 3.63) is 24.3 Å². The first-order valence-electron chi connectivity index (χ1n) is 4.07. The fraction of sp³-hybridized carbons (Fsp3) is 0.333. The van der Waals surface area contributed by atoms with Crippen molar-refractivity contribution in [2.45, 2.75) is 9.79 Å². The van der Waals surface area contributed by atoms with E-state index in [0.29, 0.717) is 4.90 Å². The van der Waals surface area contributed by atoms with E-state index < -0.39 is 19.8 Å². The van der Waals surface area contributed by atoms with Crippen molar-refractivity contribution in [1.82, 2.24) is 0 Å². The lowest BCUT2D eigenvalue weighted by molar-refractivity contribution is 0.601. The van der Waals surface area contributed by atoms with Gasteiger partial charge in [0, 0.05) is 11.2 Å². The molecule has 14 heavy (non-hydrogen) atoms. The Bertz CT molecular complexity index is 465. The van der Waals surface area contributed by atoms with Crippen LogP contribution in [0.1, 0.15) is 0 Å². The minimum absolute atomic E-state index is 0.259. The zero-order valence-corrected chi connectivity index (χ0v) is 10.1. The zero-order chi connectivity index (χ0) is 11.0. The van der Waals surface area contributed by atoms with Crippen LogP contribution in [0.25, 0.3) is 0 Å². The van der Waals surface area contributed by atoms with Crippen LogP contribution in [0.5, 0.6) is 0 Å². The molecule has 1 rings (SSSR count). The molecular formula is C9H14O3S2. The maximum absolute atomic E-state index is 11.6. The lowest BCUT2D eigenvalue weighted by Gasteiger charge is -2.12. The van der Waals surface area contributed by atoms with Crippen molar-refractivity contribution < 1.29 is 12.6 Å². The molecule has 0 saturated heterocycles. The molecule has 0 heterocycles. The van der Waals surface area contributed by atoms with Crippen LogP contribution in [-0.2, 0) is 19.8 Å². The second kappa shape index (κ2) is 3.47. The minimum Gasteiger partial charge on any atom is -0.281 e. The van der Waals surface area contributed by atoms with Gasteiger partial charge in [-0.1, -0.05) is 9.93 Å². The lowest BCUT2D eigenvalue weighted by Crippen LogP contribution is -2.06. The molecule has 0 bridgehead atoms. The fourth-order valence-electron chi connectivity index (χ4n) is 1.05. The standard InChI is InChI=1S/C9H14O3S2/c1-13(2,10)8-4-6-9(7-5-8)14(3,11)12/h4-7,13H,1-3H3.